The molecule has 1 aliphatic carbocycles. The van der Waals surface area contributed by atoms with Crippen molar-refractivity contribution in [3.8, 4) is 0 Å². The minimum absolute atomic E-state index is 0.529. The van der Waals surface area contributed by atoms with Gasteiger partial charge in [0.25, 0.3) is 0 Å². The zero-order valence-corrected chi connectivity index (χ0v) is 11.6. The van der Waals surface area contributed by atoms with Crippen LogP contribution in [-0.4, -0.2) is 12.6 Å². The summed E-state index contributed by atoms with van der Waals surface area (Å²) in [6.45, 7) is 8.38. The third kappa shape index (κ3) is 4.86. The molecule has 1 rings (SSSR count). The van der Waals surface area contributed by atoms with Crippen LogP contribution in [0.2, 0.25) is 0 Å². The molecule has 0 radical (unpaired) electrons. The SMILES string of the molecule is CCCCCCCNC1CCCCC1(C)C. The Balaban J connectivity index is 2.07. The van der Waals surface area contributed by atoms with Gasteiger partial charge in [0.15, 0.2) is 0 Å². The molecule has 1 heteroatoms. The van der Waals surface area contributed by atoms with E-state index in [1.54, 1.807) is 0 Å². The van der Waals surface area contributed by atoms with Crippen LogP contribution in [0.3, 0.4) is 0 Å². The van der Waals surface area contributed by atoms with E-state index >= 15 is 0 Å². The van der Waals surface area contributed by atoms with Gasteiger partial charge in [0.05, 0.1) is 0 Å². The Labute approximate surface area is 102 Å². The first-order valence-corrected chi connectivity index (χ1v) is 7.40. The molecule has 0 aromatic rings. The van der Waals surface area contributed by atoms with Crippen LogP contribution in [0.1, 0.15) is 78.6 Å². The smallest absolute Gasteiger partial charge is 0.0118 e. The lowest BCUT2D eigenvalue weighted by Gasteiger charge is -2.39. The van der Waals surface area contributed by atoms with Crippen molar-refractivity contribution in [3.63, 3.8) is 0 Å². The van der Waals surface area contributed by atoms with Gasteiger partial charge in [0.1, 0.15) is 0 Å². The number of rotatable bonds is 7. The highest BCUT2D eigenvalue weighted by molar-refractivity contribution is 4.87. The largest absolute Gasteiger partial charge is 0.313 e. The van der Waals surface area contributed by atoms with E-state index in [9.17, 15) is 0 Å². The van der Waals surface area contributed by atoms with E-state index in [-0.39, 0.29) is 0 Å². The van der Waals surface area contributed by atoms with Gasteiger partial charge < -0.3 is 5.32 Å². The van der Waals surface area contributed by atoms with Crippen molar-refractivity contribution < 1.29 is 0 Å². The average Bonchev–Trinajstić information content (AvgIpc) is 2.25. The van der Waals surface area contributed by atoms with E-state index in [4.69, 9.17) is 0 Å². The van der Waals surface area contributed by atoms with E-state index in [0.29, 0.717) is 5.41 Å². The Bertz CT molecular complexity index is 174. The minimum atomic E-state index is 0.529. The molecule has 0 aromatic heterocycles. The second kappa shape index (κ2) is 7.32. The van der Waals surface area contributed by atoms with Crippen LogP contribution in [0.25, 0.3) is 0 Å². The standard InChI is InChI=1S/C15H31N/c1-4-5-6-7-10-13-16-14-11-8-9-12-15(14,2)3/h14,16H,4-13H2,1-3H3. The maximum atomic E-state index is 3.79. The van der Waals surface area contributed by atoms with Gasteiger partial charge in [-0.2, -0.15) is 0 Å². The van der Waals surface area contributed by atoms with Crippen molar-refractivity contribution >= 4 is 0 Å². The Morgan fingerprint density at radius 2 is 1.81 bits per heavy atom. The topological polar surface area (TPSA) is 12.0 Å². The first-order chi connectivity index (χ1) is 7.67. The summed E-state index contributed by atoms with van der Waals surface area (Å²) in [6.07, 6.45) is 12.6. The van der Waals surface area contributed by atoms with Crippen molar-refractivity contribution in [2.45, 2.75) is 84.6 Å². The lowest BCUT2D eigenvalue weighted by molar-refractivity contribution is 0.168. The number of hydrogen-bond donors (Lipinski definition) is 1. The molecule has 0 bridgehead atoms. The normalized spacial score (nSPS) is 24.6. The molecule has 0 saturated heterocycles. The summed E-state index contributed by atoms with van der Waals surface area (Å²) in [5.41, 5.74) is 0.529. The second-order valence-corrected chi connectivity index (χ2v) is 6.16. The van der Waals surface area contributed by atoms with Gasteiger partial charge >= 0.3 is 0 Å². The van der Waals surface area contributed by atoms with E-state index in [2.05, 4.69) is 26.1 Å². The van der Waals surface area contributed by atoms with Crippen molar-refractivity contribution in [1.29, 1.82) is 0 Å². The molecular formula is C15H31N. The fourth-order valence-corrected chi connectivity index (χ4v) is 2.88. The van der Waals surface area contributed by atoms with Crippen molar-refractivity contribution in [2.75, 3.05) is 6.54 Å². The number of unbranched alkanes of at least 4 members (excludes halogenated alkanes) is 4. The van der Waals surface area contributed by atoms with E-state index in [1.807, 2.05) is 0 Å². The third-order valence-corrected chi connectivity index (χ3v) is 4.18. The fraction of sp³-hybridized carbons (Fsp3) is 1.00. The molecule has 16 heavy (non-hydrogen) atoms. The average molecular weight is 225 g/mol. The molecule has 1 atom stereocenters. The highest BCUT2D eigenvalue weighted by Gasteiger charge is 2.31. The maximum absolute atomic E-state index is 3.79. The summed E-state index contributed by atoms with van der Waals surface area (Å²) in [5.74, 6) is 0. The summed E-state index contributed by atoms with van der Waals surface area (Å²) < 4.78 is 0. The van der Waals surface area contributed by atoms with Gasteiger partial charge in [0, 0.05) is 6.04 Å². The van der Waals surface area contributed by atoms with Crippen molar-refractivity contribution in [2.24, 2.45) is 5.41 Å². The van der Waals surface area contributed by atoms with Gasteiger partial charge in [0.2, 0.25) is 0 Å². The zero-order chi connectivity index (χ0) is 11.9. The van der Waals surface area contributed by atoms with Gasteiger partial charge in [-0.3, -0.25) is 0 Å². The van der Waals surface area contributed by atoms with Crippen LogP contribution in [0, 0.1) is 5.41 Å². The van der Waals surface area contributed by atoms with Gasteiger partial charge in [-0.25, -0.2) is 0 Å². The quantitative estimate of drug-likeness (QED) is 0.628. The van der Waals surface area contributed by atoms with Gasteiger partial charge in [-0.15, -0.1) is 0 Å². The van der Waals surface area contributed by atoms with E-state index in [1.165, 1.54) is 64.3 Å². The highest BCUT2D eigenvalue weighted by Crippen LogP contribution is 2.35. The molecule has 1 saturated carbocycles. The van der Waals surface area contributed by atoms with E-state index < -0.39 is 0 Å². The summed E-state index contributed by atoms with van der Waals surface area (Å²) in [6, 6.07) is 0.771. The molecule has 1 fully saturated rings. The number of hydrogen-bond acceptors (Lipinski definition) is 1. The zero-order valence-electron chi connectivity index (χ0n) is 11.6. The predicted molar refractivity (Wildman–Crippen MR) is 72.8 cm³/mol. The molecule has 1 N–H and O–H groups in total. The summed E-state index contributed by atoms with van der Waals surface area (Å²) in [5, 5.41) is 3.79. The fourth-order valence-electron chi connectivity index (χ4n) is 2.88. The monoisotopic (exact) mass is 225 g/mol. The van der Waals surface area contributed by atoms with Crippen LogP contribution in [0.4, 0.5) is 0 Å². The Hall–Kier alpha value is -0.0400. The third-order valence-electron chi connectivity index (χ3n) is 4.18. The molecule has 1 nitrogen and oxygen atoms in total. The predicted octanol–water partition coefficient (Wildman–Crippen LogP) is 4.52. The van der Waals surface area contributed by atoms with E-state index in [0.717, 1.165) is 6.04 Å². The first-order valence-electron chi connectivity index (χ1n) is 7.40. The lowest BCUT2D eigenvalue weighted by atomic mass is 9.73. The minimum Gasteiger partial charge on any atom is -0.313 e. The Morgan fingerprint density at radius 3 is 2.50 bits per heavy atom. The molecule has 1 unspecified atom stereocenters. The lowest BCUT2D eigenvalue weighted by Crippen LogP contribution is -2.44. The second-order valence-electron chi connectivity index (χ2n) is 6.16. The van der Waals surface area contributed by atoms with Gasteiger partial charge in [-0.1, -0.05) is 59.3 Å². The molecular weight excluding hydrogens is 194 g/mol. The van der Waals surface area contributed by atoms with Crippen molar-refractivity contribution in [3.05, 3.63) is 0 Å². The number of nitrogens with one attached hydrogen (secondary N) is 1. The van der Waals surface area contributed by atoms with Crippen LogP contribution < -0.4 is 5.32 Å². The highest BCUT2D eigenvalue weighted by atomic mass is 14.9. The van der Waals surface area contributed by atoms with Crippen LogP contribution in [-0.2, 0) is 0 Å². The molecule has 0 heterocycles. The first kappa shape index (κ1) is 14.0. The Kier molecular flexibility index (Phi) is 6.41. The summed E-state index contributed by atoms with van der Waals surface area (Å²) >= 11 is 0. The molecule has 1 aliphatic rings. The summed E-state index contributed by atoms with van der Waals surface area (Å²) in [4.78, 5) is 0. The Morgan fingerprint density at radius 1 is 1.06 bits per heavy atom. The van der Waals surface area contributed by atoms with Crippen LogP contribution in [0.5, 0.6) is 0 Å². The van der Waals surface area contributed by atoms with Crippen molar-refractivity contribution in [1.82, 2.24) is 5.32 Å². The van der Waals surface area contributed by atoms with Gasteiger partial charge in [-0.05, 0) is 31.2 Å². The molecule has 0 amide bonds. The molecule has 96 valence electrons. The maximum Gasteiger partial charge on any atom is 0.0118 e. The molecule has 0 spiro atoms. The summed E-state index contributed by atoms with van der Waals surface area (Å²) in [7, 11) is 0. The molecule has 0 aromatic carbocycles. The van der Waals surface area contributed by atoms with Crippen LogP contribution >= 0.6 is 0 Å². The van der Waals surface area contributed by atoms with Crippen LogP contribution in [0.15, 0.2) is 0 Å². The molecule has 0 aliphatic heterocycles.